The van der Waals surface area contributed by atoms with Gasteiger partial charge in [0.05, 0.1) is 5.69 Å². The Labute approximate surface area is 181 Å². The van der Waals surface area contributed by atoms with Gasteiger partial charge in [0.1, 0.15) is 11.6 Å². The molecule has 3 rings (SSSR count). The van der Waals surface area contributed by atoms with Crippen LogP contribution in [0.1, 0.15) is 24.7 Å². The molecule has 1 atom stereocenters. The van der Waals surface area contributed by atoms with Gasteiger partial charge in [-0.15, -0.1) is 24.0 Å². The van der Waals surface area contributed by atoms with E-state index >= 15 is 0 Å². The lowest BCUT2D eigenvalue weighted by Gasteiger charge is -2.34. The molecule has 148 valence electrons. The second-order valence-corrected chi connectivity index (χ2v) is 7.79. The molecule has 8 heteroatoms. The van der Waals surface area contributed by atoms with E-state index < -0.39 is 0 Å². The lowest BCUT2D eigenvalue weighted by molar-refractivity contribution is 0.408. The van der Waals surface area contributed by atoms with Crippen LogP contribution in [-0.4, -0.2) is 51.6 Å². The van der Waals surface area contributed by atoms with E-state index in [2.05, 4.69) is 27.1 Å². The third-order valence-electron chi connectivity index (χ3n) is 4.65. The maximum absolute atomic E-state index is 14.5. The first kappa shape index (κ1) is 22.0. The largest absolute Gasteiger partial charge is 0.352 e. The first-order valence-electron chi connectivity index (χ1n) is 8.98. The molecule has 27 heavy (non-hydrogen) atoms. The number of aromatic nitrogens is 2. The quantitative estimate of drug-likeness (QED) is 0.392. The summed E-state index contributed by atoms with van der Waals surface area (Å²) in [5.74, 6) is 2.52. The van der Waals surface area contributed by atoms with Crippen LogP contribution in [0.3, 0.4) is 0 Å². The van der Waals surface area contributed by atoms with E-state index in [0.29, 0.717) is 17.5 Å². The van der Waals surface area contributed by atoms with Crippen molar-refractivity contribution in [3.05, 3.63) is 47.8 Å². The molecule has 1 N–H and O–H groups in total. The zero-order valence-electron chi connectivity index (χ0n) is 16.0. The molecule has 0 aliphatic carbocycles. The van der Waals surface area contributed by atoms with Crippen LogP contribution in [0.5, 0.6) is 0 Å². The summed E-state index contributed by atoms with van der Waals surface area (Å²) in [5, 5.41) is 4.02. The van der Waals surface area contributed by atoms with Crippen molar-refractivity contribution in [1.82, 2.24) is 19.8 Å². The summed E-state index contributed by atoms with van der Waals surface area (Å²) in [4.78, 5) is 10.9. The Morgan fingerprint density at radius 1 is 1.44 bits per heavy atom. The molecule has 1 fully saturated rings. The average Bonchev–Trinajstić information content (AvgIpc) is 3.08. The summed E-state index contributed by atoms with van der Waals surface area (Å²) < 4.78 is 16.3. The summed E-state index contributed by atoms with van der Waals surface area (Å²) >= 11 is 2.03. The van der Waals surface area contributed by atoms with Crippen molar-refractivity contribution in [2.75, 3.05) is 25.9 Å². The minimum absolute atomic E-state index is 0. The number of imidazole rings is 1. The Bertz CT molecular complexity index is 779. The van der Waals surface area contributed by atoms with E-state index in [9.17, 15) is 4.39 Å². The Kier molecular flexibility index (Phi) is 8.40. The molecule has 0 spiro atoms. The van der Waals surface area contributed by atoms with Crippen molar-refractivity contribution in [1.29, 1.82) is 0 Å². The molecular weight excluding hydrogens is 476 g/mol. The monoisotopic (exact) mass is 503 g/mol. The maximum atomic E-state index is 14.5. The number of rotatable bonds is 4. The fraction of sp³-hybridized carbons (Fsp3) is 0.474. The first-order valence-corrected chi connectivity index (χ1v) is 10.0. The van der Waals surface area contributed by atoms with Gasteiger partial charge in [-0.1, -0.05) is 13.0 Å². The number of aliphatic imine (C=N–C) groups is 1. The lowest BCUT2D eigenvalue weighted by atomic mass is 10.2. The van der Waals surface area contributed by atoms with Crippen molar-refractivity contribution < 1.29 is 4.39 Å². The molecule has 1 aromatic carbocycles. The maximum Gasteiger partial charge on any atom is 0.193 e. The fourth-order valence-corrected chi connectivity index (χ4v) is 4.34. The number of nitrogens with one attached hydrogen (secondary N) is 1. The molecule has 1 aromatic heterocycles. The van der Waals surface area contributed by atoms with E-state index in [4.69, 9.17) is 0 Å². The Morgan fingerprint density at radius 3 is 2.89 bits per heavy atom. The zero-order chi connectivity index (χ0) is 18.5. The van der Waals surface area contributed by atoms with Crippen molar-refractivity contribution in [2.24, 2.45) is 4.99 Å². The van der Waals surface area contributed by atoms with E-state index in [-0.39, 0.29) is 29.8 Å². The number of thioether (sulfide) groups is 1. The Morgan fingerprint density at radius 2 is 2.26 bits per heavy atom. The molecular formula is C19H27FIN5S. The molecule has 0 bridgehead atoms. The zero-order valence-corrected chi connectivity index (χ0v) is 19.1. The molecule has 0 radical (unpaired) electrons. The average molecular weight is 503 g/mol. The van der Waals surface area contributed by atoms with Gasteiger partial charge in [-0.3, -0.25) is 4.99 Å². The molecule has 1 aliphatic heterocycles. The van der Waals surface area contributed by atoms with E-state index in [1.165, 1.54) is 6.42 Å². The highest BCUT2D eigenvalue weighted by Gasteiger charge is 2.21. The van der Waals surface area contributed by atoms with Crippen LogP contribution in [0.4, 0.5) is 4.39 Å². The van der Waals surface area contributed by atoms with Gasteiger partial charge in [-0.2, -0.15) is 11.8 Å². The van der Waals surface area contributed by atoms with Gasteiger partial charge in [0, 0.05) is 50.1 Å². The number of guanidine groups is 1. The highest BCUT2D eigenvalue weighted by molar-refractivity contribution is 14.0. The van der Waals surface area contributed by atoms with Gasteiger partial charge in [-0.05, 0) is 31.0 Å². The number of halogens is 2. The van der Waals surface area contributed by atoms with Gasteiger partial charge in [0.15, 0.2) is 5.96 Å². The highest BCUT2D eigenvalue weighted by atomic mass is 127. The van der Waals surface area contributed by atoms with Gasteiger partial charge in [0.25, 0.3) is 0 Å². The summed E-state index contributed by atoms with van der Waals surface area (Å²) in [7, 11) is 1.80. The van der Waals surface area contributed by atoms with Crippen LogP contribution >= 0.6 is 35.7 Å². The normalized spacial score (nSPS) is 17.6. The van der Waals surface area contributed by atoms with E-state index in [1.54, 1.807) is 36.1 Å². The smallest absolute Gasteiger partial charge is 0.193 e. The van der Waals surface area contributed by atoms with Gasteiger partial charge in [-0.25, -0.2) is 9.37 Å². The molecule has 2 heterocycles. The Balaban J connectivity index is 0.00000261. The summed E-state index contributed by atoms with van der Waals surface area (Å²) in [5.41, 5.74) is 1.41. The van der Waals surface area contributed by atoms with Crippen molar-refractivity contribution in [3.63, 3.8) is 0 Å². The predicted octanol–water partition coefficient (Wildman–Crippen LogP) is 3.84. The van der Waals surface area contributed by atoms with Gasteiger partial charge >= 0.3 is 0 Å². The van der Waals surface area contributed by atoms with Gasteiger partial charge in [0.2, 0.25) is 0 Å². The molecule has 1 unspecified atom stereocenters. The molecule has 0 saturated carbocycles. The van der Waals surface area contributed by atoms with Crippen LogP contribution in [0.15, 0.2) is 35.6 Å². The van der Waals surface area contributed by atoms with E-state index in [1.807, 2.05) is 24.8 Å². The molecule has 5 nitrogen and oxygen atoms in total. The number of hydrogen-bond donors (Lipinski definition) is 1. The third kappa shape index (κ3) is 5.37. The van der Waals surface area contributed by atoms with Crippen molar-refractivity contribution in [3.8, 4) is 5.69 Å². The third-order valence-corrected chi connectivity index (χ3v) is 6.03. The summed E-state index contributed by atoms with van der Waals surface area (Å²) in [6, 6.07) is 5.32. The molecule has 0 amide bonds. The van der Waals surface area contributed by atoms with Crippen molar-refractivity contribution in [2.45, 2.75) is 32.1 Å². The van der Waals surface area contributed by atoms with E-state index in [0.717, 1.165) is 36.2 Å². The Hall–Kier alpha value is -1.29. The van der Waals surface area contributed by atoms with Crippen LogP contribution < -0.4 is 5.32 Å². The van der Waals surface area contributed by atoms with Crippen LogP contribution in [0.25, 0.3) is 5.69 Å². The van der Waals surface area contributed by atoms with Crippen LogP contribution in [0.2, 0.25) is 0 Å². The SMILES string of the molecule is CCC1CN(C(=NC)NCc2ccc(-n3ccnc3C)c(F)c2)CCS1.I. The second kappa shape index (κ2) is 10.3. The molecule has 1 saturated heterocycles. The molecule has 2 aromatic rings. The number of nitrogens with zero attached hydrogens (tertiary/aromatic N) is 4. The molecule has 1 aliphatic rings. The first-order chi connectivity index (χ1) is 12.6. The summed E-state index contributed by atoms with van der Waals surface area (Å²) in [6.07, 6.45) is 4.61. The minimum Gasteiger partial charge on any atom is -0.352 e. The van der Waals surface area contributed by atoms with Gasteiger partial charge < -0.3 is 14.8 Å². The number of benzene rings is 1. The topological polar surface area (TPSA) is 45.5 Å². The number of aryl methyl sites for hydroxylation is 1. The lowest BCUT2D eigenvalue weighted by Crippen LogP contribution is -2.47. The van der Waals surface area contributed by atoms with Crippen LogP contribution in [-0.2, 0) is 6.54 Å². The minimum atomic E-state index is -0.249. The number of hydrogen-bond acceptors (Lipinski definition) is 3. The van der Waals surface area contributed by atoms with Crippen molar-refractivity contribution >= 4 is 41.7 Å². The van der Waals surface area contributed by atoms with Crippen LogP contribution in [0, 0.1) is 12.7 Å². The predicted molar refractivity (Wildman–Crippen MR) is 122 cm³/mol. The second-order valence-electron chi connectivity index (χ2n) is 6.38. The standard InChI is InChI=1S/C19H26FN5S.HI/c1-4-16-13-24(9-10-26-16)19(21-3)23-12-15-5-6-18(17(20)11-15)25-8-7-22-14(25)2;/h5-8,11,16H,4,9-10,12-13H2,1-3H3,(H,21,23);1H. The fourth-order valence-electron chi connectivity index (χ4n) is 3.16. The summed E-state index contributed by atoms with van der Waals surface area (Å²) in [6.45, 7) is 6.64. The highest BCUT2D eigenvalue weighted by Crippen LogP contribution is 2.21.